The van der Waals surface area contributed by atoms with Gasteiger partial charge in [-0.05, 0) is 38.1 Å². The normalized spacial score (nSPS) is 16.8. The van der Waals surface area contributed by atoms with Crippen molar-refractivity contribution in [3.05, 3.63) is 65.2 Å². The van der Waals surface area contributed by atoms with Gasteiger partial charge in [0, 0.05) is 23.7 Å². The summed E-state index contributed by atoms with van der Waals surface area (Å²) in [5.41, 5.74) is 2.12. The van der Waals surface area contributed by atoms with Crippen molar-refractivity contribution < 1.29 is 14.4 Å². The topological polar surface area (TPSA) is 66.5 Å². The van der Waals surface area contributed by atoms with Crippen LogP contribution >= 0.6 is 0 Å². The molecule has 122 valence electrons. The van der Waals surface area contributed by atoms with Crippen LogP contribution < -0.4 is 10.2 Å². The molecule has 1 aliphatic rings. The van der Waals surface area contributed by atoms with Crippen LogP contribution in [0.15, 0.2) is 48.5 Å². The van der Waals surface area contributed by atoms with Gasteiger partial charge >= 0.3 is 0 Å². The smallest absolute Gasteiger partial charge is 0.258 e. The van der Waals surface area contributed by atoms with Gasteiger partial charge in [-0.3, -0.25) is 14.4 Å². The molecule has 0 radical (unpaired) electrons. The van der Waals surface area contributed by atoms with E-state index in [9.17, 15) is 14.4 Å². The lowest BCUT2D eigenvalue weighted by molar-refractivity contribution is 0.0939. The molecule has 0 saturated carbocycles. The maximum atomic E-state index is 13.0. The van der Waals surface area contributed by atoms with Crippen molar-refractivity contribution >= 4 is 23.3 Å². The van der Waals surface area contributed by atoms with Gasteiger partial charge < -0.3 is 10.2 Å². The molecule has 5 nitrogen and oxygen atoms in total. The second kappa shape index (κ2) is 6.28. The number of carbonyl (C=O) groups excluding carboxylic acids is 3. The molecule has 0 unspecified atom stereocenters. The zero-order chi connectivity index (χ0) is 17.3. The first-order valence-corrected chi connectivity index (χ1v) is 7.80. The summed E-state index contributed by atoms with van der Waals surface area (Å²) in [5, 5.41) is 2.88. The molecule has 0 fully saturated rings. The number of hydrogen-bond acceptors (Lipinski definition) is 3. The third-order valence-electron chi connectivity index (χ3n) is 4.06. The van der Waals surface area contributed by atoms with Gasteiger partial charge in [0.15, 0.2) is 5.78 Å². The molecule has 5 heteroatoms. The van der Waals surface area contributed by atoms with Crippen LogP contribution in [-0.2, 0) is 0 Å². The lowest BCUT2D eigenvalue weighted by Gasteiger charge is -2.24. The Bertz CT molecular complexity index is 812. The number of benzene rings is 2. The Morgan fingerprint density at radius 3 is 2.33 bits per heavy atom. The highest BCUT2D eigenvalue weighted by Gasteiger charge is 2.28. The number of hydrogen-bond donors (Lipinski definition) is 1. The summed E-state index contributed by atoms with van der Waals surface area (Å²) in [7, 11) is 0. The SMILES string of the molecule is CC(=O)c1ccc(C(=O)N2C[C@H](C)NC(=O)c3ccccc32)cc1. The standard InChI is InChI=1S/C19H18N2O3/c1-12-11-21(17-6-4-3-5-16(17)18(23)20-12)19(24)15-9-7-14(8-10-15)13(2)22/h3-10,12H,11H2,1-2H3,(H,20,23)/t12-/m0/s1. The van der Waals surface area contributed by atoms with Gasteiger partial charge in [0.05, 0.1) is 11.3 Å². The molecular weight excluding hydrogens is 304 g/mol. The Hall–Kier alpha value is -2.95. The number of nitrogens with one attached hydrogen (secondary N) is 1. The summed E-state index contributed by atoms with van der Waals surface area (Å²) >= 11 is 0. The fourth-order valence-electron chi connectivity index (χ4n) is 2.82. The number of amides is 2. The van der Waals surface area contributed by atoms with E-state index in [1.54, 1.807) is 53.4 Å². The van der Waals surface area contributed by atoms with Gasteiger partial charge in [-0.1, -0.05) is 24.3 Å². The monoisotopic (exact) mass is 322 g/mol. The second-order valence-corrected chi connectivity index (χ2v) is 5.94. The second-order valence-electron chi connectivity index (χ2n) is 5.94. The third kappa shape index (κ3) is 2.93. The summed E-state index contributed by atoms with van der Waals surface area (Å²) in [5.74, 6) is -0.418. The van der Waals surface area contributed by atoms with Gasteiger partial charge in [-0.25, -0.2) is 0 Å². The molecular formula is C19H18N2O3. The number of ketones is 1. The van der Waals surface area contributed by atoms with Gasteiger partial charge in [-0.15, -0.1) is 0 Å². The lowest BCUT2D eigenvalue weighted by atomic mass is 10.1. The average Bonchev–Trinajstić information content (AvgIpc) is 2.71. The highest BCUT2D eigenvalue weighted by molar-refractivity contribution is 6.11. The number of carbonyl (C=O) groups is 3. The van der Waals surface area contributed by atoms with Crippen LogP contribution in [0.5, 0.6) is 0 Å². The highest BCUT2D eigenvalue weighted by Crippen LogP contribution is 2.25. The molecule has 1 atom stereocenters. The fourth-order valence-corrected chi connectivity index (χ4v) is 2.82. The van der Waals surface area contributed by atoms with Gasteiger partial charge in [0.1, 0.15) is 0 Å². The van der Waals surface area contributed by atoms with E-state index in [1.165, 1.54) is 6.92 Å². The third-order valence-corrected chi connectivity index (χ3v) is 4.06. The Morgan fingerprint density at radius 1 is 1.04 bits per heavy atom. The Kier molecular flexibility index (Phi) is 4.16. The largest absolute Gasteiger partial charge is 0.348 e. The molecule has 2 aromatic rings. The van der Waals surface area contributed by atoms with Crippen molar-refractivity contribution in [1.82, 2.24) is 5.32 Å². The molecule has 0 spiro atoms. The van der Waals surface area contributed by atoms with Crippen molar-refractivity contribution in [1.29, 1.82) is 0 Å². The predicted molar refractivity (Wildman–Crippen MR) is 91.5 cm³/mol. The van der Waals surface area contributed by atoms with E-state index in [-0.39, 0.29) is 23.6 Å². The summed E-state index contributed by atoms with van der Waals surface area (Å²) in [6, 6.07) is 13.5. The van der Waals surface area contributed by atoms with Gasteiger partial charge in [-0.2, -0.15) is 0 Å². The molecule has 0 aliphatic carbocycles. The quantitative estimate of drug-likeness (QED) is 0.865. The van der Waals surface area contributed by atoms with Crippen LogP contribution in [0.25, 0.3) is 0 Å². The Balaban J connectivity index is 2.00. The van der Waals surface area contributed by atoms with Crippen LogP contribution in [-0.4, -0.2) is 30.2 Å². The minimum Gasteiger partial charge on any atom is -0.348 e. The minimum absolute atomic E-state index is 0.0439. The fraction of sp³-hybridized carbons (Fsp3) is 0.211. The van der Waals surface area contributed by atoms with E-state index < -0.39 is 0 Å². The average molecular weight is 322 g/mol. The summed E-state index contributed by atoms with van der Waals surface area (Å²) in [4.78, 5) is 38.2. The lowest BCUT2D eigenvalue weighted by Crippen LogP contribution is -2.41. The maximum absolute atomic E-state index is 13.0. The van der Waals surface area contributed by atoms with Gasteiger partial charge in [0.2, 0.25) is 0 Å². The van der Waals surface area contributed by atoms with Gasteiger partial charge in [0.25, 0.3) is 11.8 Å². The number of fused-ring (bicyclic) bond motifs is 1. The zero-order valence-corrected chi connectivity index (χ0v) is 13.6. The molecule has 0 saturated heterocycles. The van der Waals surface area contributed by atoms with Crippen molar-refractivity contribution in [3.8, 4) is 0 Å². The van der Waals surface area contributed by atoms with E-state index in [1.807, 2.05) is 6.92 Å². The van der Waals surface area contributed by atoms with Crippen molar-refractivity contribution in [2.24, 2.45) is 0 Å². The minimum atomic E-state index is -0.194. The molecule has 3 rings (SSSR count). The molecule has 0 aromatic heterocycles. The first kappa shape index (κ1) is 15.9. The van der Waals surface area contributed by atoms with Crippen LogP contribution in [0.2, 0.25) is 0 Å². The number of anilines is 1. The molecule has 0 bridgehead atoms. The van der Waals surface area contributed by atoms with Crippen molar-refractivity contribution in [2.45, 2.75) is 19.9 Å². The first-order chi connectivity index (χ1) is 11.5. The number of Topliss-reactive ketones (excluding diaryl/α,β-unsaturated/α-hetero) is 1. The van der Waals surface area contributed by atoms with E-state index in [0.29, 0.717) is 28.9 Å². The maximum Gasteiger partial charge on any atom is 0.258 e. The van der Waals surface area contributed by atoms with E-state index in [4.69, 9.17) is 0 Å². The molecule has 1 heterocycles. The summed E-state index contributed by atoms with van der Waals surface area (Å²) in [6.45, 7) is 3.74. The van der Waals surface area contributed by atoms with E-state index in [2.05, 4.69) is 5.32 Å². The van der Waals surface area contributed by atoms with Crippen LogP contribution in [0.3, 0.4) is 0 Å². The number of rotatable bonds is 2. The Morgan fingerprint density at radius 2 is 1.67 bits per heavy atom. The van der Waals surface area contributed by atoms with Crippen molar-refractivity contribution in [3.63, 3.8) is 0 Å². The molecule has 1 aliphatic heterocycles. The molecule has 24 heavy (non-hydrogen) atoms. The van der Waals surface area contributed by atoms with E-state index >= 15 is 0 Å². The van der Waals surface area contributed by atoms with Crippen molar-refractivity contribution in [2.75, 3.05) is 11.4 Å². The number of para-hydroxylation sites is 1. The van der Waals surface area contributed by atoms with E-state index in [0.717, 1.165) is 0 Å². The number of nitrogens with zero attached hydrogens (tertiary/aromatic N) is 1. The zero-order valence-electron chi connectivity index (χ0n) is 13.6. The summed E-state index contributed by atoms with van der Waals surface area (Å²) in [6.07, 6.45) is 0. The van der Waals surface area contributed by atoms with Crippen LogP contribution in [0.1, 0.15) is 44.9 Å². The highest BCUT2D eigenvalue weighted by atomic mass is 16.2. The molecule has 1 N–H and O–H groups in total. The molecule has 2 amide bonds. The molecule has 2 aromatic carbocycles. The van der Waals surface area contributed by atoms with Crippen LogP contribution in [0.4, 0.5) is 5.69 Å². The first-order valence-electron chi connectivity index (χ1n) is 7.80. The predicted octanol–water partition coefficient (Wildman–Crippen LogP) is 2.67. The Labute approximate surface area is 140 Å². The summed E-state index contributed by atoms with van der Waals surface area (Å²) < 4.78 is 0. The van der Waals surface area contributed by atoms with Crippen LogP contribution in [0, 0.1) is 0 Å².